The van der Waals surface area contributed by atoms with E-state index < -0.39 is 0 Å². The molecule has 0 saturated carbocycles. The van der Waals surface area contributed by atoms with Gasteiger partial charge in [0.2, 0.25) is 0 Å². The van der Waals surface area contributed by atoms with Crippen molar-refractivity contribution in [1.29, 1.82) is 0 Å². The molecule has 0 saturated heterocycles. The minimum Gasteiger partial charge on any atom is -0.351 e. The Morgan fingerprint density at radius 1 is 1.18 bits per heavy atom. The van der Waals surface area contributed by atoms with E-state index in [1.54, 1.807) is 4.68 Å². The van der Waals surface area contributed by atoms with Gasteiger partial charge in [-0.25, -0.2) is 0 Å². The van der Waals surface area contributed by atoms with Crippen molar-refractivity contribution in [3.8, 4) is 0 Å². The molecule has 84 valence electrons. The van der Waals surface area contributed by atoms with E-state index in [1.807, 2.05) is 25.1 Å². The van der Waals surface area contributed by atoms with Crippen molar-refractivity contribution in [3.05, 3.63) is 35.9 Å². The fourth-order valence-electron chi connectivity index (χ4n) is 1.96. The van der Waals surface area contributed by atoms with Gasteiger partial charge in [-0.2, -0.15) is 0 Å². The van der Waals surface area contributed by atoms with E-state index in [2.05, 4.69) is 27.2 Å². The summed E-state index contributed by atoms with van der Waals surface area (Å²) < 4.78 is 1.72. The first-order valence-corrected chi connectivity index (χ1v) is 5.42. The molecule has 3 rings (SSSR count). The summed E-state index contributed by atoms with van der Waals surface area (Å²) in [6, 6.07) is 10.1. The van der Waals surface area contributed by atoms with Crippen LogP contribution in [0.25, 0.3) is 0 Å². The molecule has 0 bridgehead atoms. The predicted molar refractivity (Wildman–Crippen MR) is 67.6 cm³/mol. The molecule has 0 fully saturated rings. The molecular formula is C12H12N5+. The minimum absolute atomic E-state index is 0.256. The number of nitrogens with two attached hydrogens (primary N) is 1. The van der Waals surface area contributed by atoms with Gasteiger partial charge >= 0.3 is 11.9 Å². The second-order valence-corrected chi connectivity index (χ2v) is 4.02. The van der Waals surface area contributed by atoms with Gasteiger partial charge in [0.05, 0.1) is 6.42 Å². The van der Waals surface area contributed by atoms with Crippen molar-refractivity contribution >= 4 is 23.3 Å². The highest BCUT2D eigenvalue weighted by molar-refractivity contribution is 6.16. The number of hydrazone groups is 1. The topological polar surface area (TPSA) is 66.1 Å². The molecule has 2 heterocycles. The van der Waals surface area contributed by atoms with Crippen molar-refractivity contribution in [3.63, 3.8) is 0 Å². The normalized spacial score (nSPS) is 18.5. The highest BCUT2D eigenvalue weighted by Gasteiger charge is 2.32. The third-order valence-electron chi connectivity index (χ3n) is 2.68. The maximum absolute atomic E-state index is 5.62. The van der Waals surface area contributed by atoms with Crippen LogP contribution in [-0.2, 0) is 0 Å². The Hall–Kier alpha value is -2.30. The summed E-state index contributed by atoms with van der Waals surface area (Å²) in [7, 11) is 0. The number of fused-ring (bicyclic) bond motifs is 1. The molecule has 0 amide bonds. The number of nitrogens with zero attached hydrogens (tertiary/aromatic N) is 4. The zero-order valence-electron chi connectivity index (χ0n) is 9.46. The molecule has 17 heavy (non-hydrogen) atoms. The smallest absolute Gasteiger partial charge is 0.351 e. The fraction of sp³-hybridized carbons (Fsp3) is 0.167. The highest BCUT2D eigenvalue weighted by Crippen LogP contribution is 2.13. The number of aliphatic imine (C=N–C) groups is 2. The van der Waals surface area contributed by atoms with E-state index in [0.717, 1.165) is 23.4 Å². The van der Waals surface area contributed by atoms with Crippen LogP contribution in [0.3, 0.4) is 0 Å². The second kappa shape index (κ2) is 3.62. The van der Waals surface area contributed by atoms with E-state index in [4.69, 9.17) is 5.73 Å². The third-order valence-corrected chi connectivity index (χ3v) is 2.68. The van der Waals surface area contributed by atoms with Gasteiger partial charge in [-0.15, -0.1) is 0 Å². The molecule has 0 aliphatic carbocycles. The minimum atomic E-state index is 0.256. The molecule has 0 aromatic heterocycles. The average Bonchev–Trinajstić information content (AvgIpc) is 2.69. The molecule has 5 nitrogen and oxygen atoms in total. The van der Waals surface area contributed by atoms with Gasteiger partial charge in [0.1, 0.15) is 11.4 Å². The van der Waals surface area contributed by atoms with E-state index >= 15 is 0 Å². The van der Waals surface area contributed by atoms with Gasteiger partial charge in [0.15, 0.2) is 0 Å². The molecule has 0 radical (unpaired) electrons. The van der Waals surface area contributed by atoms with Crippen molar-refractivity contribution in [2.75, 3.05) is 0 Å². The van der Waals surface area contributed by atoms with Crippen LogP contribution in [-0.4, -0.2) is 28.0 Å². The average molecular weight is 226 g/mol. The van der Waals surface area contributed by atoms with Crippen LogP contribution in [0.15, 0.2) is 45.4 Å². The number of hydrogen-bond donors (Lipinski definition) is 1. The zero-order valence-corrected chi connectivity index (χ0v) is 9.46. The third kappa shape index (κ3) is 1.65. The Balaban J connectivity index is 2.16. The summed E-state index contributed by atoms with van der Waals surface area (Å²) in [6.45, 7) is 1.98. The Morgan fingerprint density at radius 2 is 1.94 bits per heavy atom. The Morgan fingerprint density at radius 3 is 2.71 bits per heavy atom. The lowest BCUT2D eigenvalue weighted by Gasteiger charge is -2.09. The molecule has 2 N–H and O–H groups in total. The molecule has 1 aromatic rings. The van der Waals surface area contributed by atoms with Crippen LogP contribution in [0, 0.1) is 0 Å². The molecule has 2 aliphatic heterocycles. The molecule has 0 atom stereocenters. The lowest BCUT2D eigenvalue weighted by molar-refractivity contribution is -0.411. The Bertz CT molecular complexity index is 593. The molecule has 2 aliphatic rings. The quantitative estimate of drug-likeness (QED) is 0.712. The summed E-state index contributed by atoms with van der Waals surface area (Å²) >= 11 is 0. The van der Waals surface area contributed by atoms with Crippen LogP contribution in [0.2, 0.25) is 0 Å². The first kappa shape index (κ1) is 9.89. The van der Waals surface area contributed by atoms with E-state index in [9.17, 15) is 0 Å². The number of rotatable bonds is 1. The van der Waals surface area contributed by atoms with Crippen LogP contribution < -0.4 is 5.73 Å². The summed E-state index contributed by atoms with van der Waals surface area (Å²) in [5.74, 6) is 0.817. The largest absolute Gasteiger partial charge is 0.460 e. The first-order valence-electron chi connectivity index (χ1n) is 5.42. The second-order valence-electron chi connectivity index (χ2n) is 4.02. The van der Waals surface area contributed by atoms with Crippen LogP contribution in [0.4, 0.5) is 0 Å². The summed E-state index contributed by atoms with van der Waals surface area (Å²) in [6.07, 6.45) is 0.764. The Kier molecular flexibility index (Phi) is 2.11. The summed E-state index contributed by atoms with van der Waals surface area (Å²) in [4.78, 5) is 8.45. The van der Waals surface area contributed by atoms with Gasteiger partial charge in [-0.1, -0.05) is 40.0 Å². The van der Waals surface area contributed by atoms with E-state index in [0.29, 0.717) is 5.96 Å². The van der Waals surface area contributed by atoms with Crippen LogP contribution in [0.5, 0.6) is 0 Å². The Labute approximate surface area is 98.7 Å². The van der Waals surface area contributed by atoms with Crippen molar-refractivity contribution in [1.82, 2.24) is 0 Å². The first-order chi connectivity index (χ1) is 8.24. The van der Waals surface area contributed by atoms with Crippen molar-refractivity contribution < 1.29 is 4.68 Å². The number of benzene rings is 1. The van der Waals surface area contributed by atoms with Gasteiger partial charge < -0.3 is 5.73 Å². The monoisotopic (exact) mass is 226 g/mol. The molecular weight excluding hydrogens is 214 g/mol. The molecule has 0 spiro atoms. The maximum atomic E-state index is 5.62. The van der Waals surface area contributed by atoms with Crippen molar-refractivity contribution in [2.24, 2.45) is 20.8 Å². The van der Waals surface area contributed by atoms with E-state index in [-0.39, 0.29) is 5.96 Å². The van der Waals surface area contributed by atoms with Gasteiger partial charge in [-0.3, -0.25) is 0 Å². The van der Waals surface area contributed by atoms with Crippen LogP contribution in [0.1, 0.15) is 18.9 Å². The standard InChI is InChI=1S/C12H12N5/c1-8-7-10(9-5-3-2-4-6-9)17-12(14-8)15-11(13)16-17/h2-6H,7H2,1H3,(H2,13,16)/q+1. The zero-order chi connectivity index (χ0) is 11.8. The van der Waals surface area contributed by atoms with Gasteiger partial charge in [0, 0.05) is 5.56 Å². The number of hydrogen-bond acceptors (Lipinski definition) is 4. The highest BCUT2D eigenvalue weighted by atomic mass is 15.5. The SMILES string of the molecule is CC1=NC2=NC(N)=N[N+]2=C(c2ccccc2)C1. The van der Waals surface area contributed by atoms with Gasteiger partial charge in [0.25, 0.3) is 0 Å². The number of guanidine groups is 2. The summed E-state index contributed by atoms with van der Waals surface area (Å²) in [5, 5.41) is 4.18. The maximum Gasteiger partial charge on any atom is 0.460 e. The van der Waals surface area contributed by atoms with Crippen LogP contribution >= 0.6 is 0 Å². The van der Waals surface area contributed by atoms with E-state index in [1.165, 1.54) is 0 Å². The molecule has 0 unspecified atom stereocenters. The fourth-order valence-corrected chi connectivity index (χ4v) is 1.96. The molecule has 1 aromatic carbocycles. The lowest BCUT2D eigenvalue weighted by Crippen LogP contribution is -2.28. The lowest BCUT2D eigenvalue weighted by atomic mass is 10.0. The summed E-state index contributed by atoms with van der Waals surface area (Å²) in [5.41, 5.74) is 8.82. The van der Waals surface area contributed by atoms with Gasteiger partial charge in [-0.05, 0) is 17.0 Å². The predicted octanol–water partition coefficient (Wildman–Crippen LogP) is 0.952. The molecule has 5 heteroatoms. The van der Waals surface area contributed by atoms with Crippen molar-refractivity contribution in [2.45, 2.75) is 13.3 Å².